The van der Waals surface area contributed by atoms with Crippen LogP contribution >= 0.6 is 15.9 Å². The lowest BCUT2D eigenvalue weighted by atomic mass is 9.71. The summed E-state index contributed by atoms with van der Waals surface area (Å²) in [4.78, 5) is 0. The van der Waals surface area contributed by atoms with Crippen molar-refractivity contribution in [1.29, 1.82) is 0 Å². The van der Waals surface area contributed by atoms with E-state index in [4.69, 9.17) is 4.74 Å². The number of aryl methyl sites for hydroxylation is 1. The zero-order valence-electron chi connectivity index (χ0n) is 11.1. The average molecular weight is 311 g/mol. The van der Waals surface area contributed by atoms with Gasteiger partial charge in [0.15, 0.2) is 0 Å². The third-order valence-corrected chi connectivity index (χ3v) is 6.04. The number of fused-ring (bicyclic) bond motifs is 3. The van der Waals surface area contributed by atoms with Gasteiger partial charge in [0.1, 0.15) is 11.4 Å². The van der Waals surface area contributed by atoms with Gasteiger partial charge in [0.25, 0.3) is 0 Å². The zero-order chi connectivity index (χ0) is 13.1. The summed E-state index contributed by atoms with van der Waals surface area (Å²) >= 11 is 3.61. The van der Waals surface area contributed by atoms with E-state index in [0.29, 0.717) is 5.92 Å². The molecule has 1 aliphatic heterocycles. The predicted molar refractivity (Wildman–Crippen MR) is 75.1 cm³/mol. The van der Waals surface area contributed by atoms with Gasteiger partial charge in [0.2, 0.25) is 0 Å². The molecule has 2 aliphatic rings. The Morgan fingerprint density at radius 2 is 2.22 bits per heavy atom. The molecule has 1 saturated carbocycles. The molecule has 0 radical (unpaired) electrons. The minimum Gasteiger partial charge on any atom is -0.483 e. The van der Waals surface area contributed by atoms with Crippen LogP contribution < -0.4 is 4.74 Å². The highest BCUT2D eigenvalue weighted by atomic mass is 79.9. The molecule has 1 aromatic rings. The minimum atomic E-state index is -0.428. The van der Waals surface area contributed by atoms with Crippen molar-refractivity contribution in [2.75, 3.05) is 6.61 Å². The molecule has 0 spiro atoms. The molecule has 98 valence electrons. The summed E-state index contributed by atoms with van der Waals surface area (Å²) in [6.07, 6.45) is 2.19. The lowest BCUT2D eigenvalue weighted by Crippen LogP contribution is -2.52. The lowest BCUT2D eigenvalue weighted by molar-refractivity contribution is -0.0376. The molecule has 18 heavy (non-hydrogen) atoms. The van der Waals surface area contributed by atoms with Crippen molar-refractivity contribution in [3.8, 4) is 5.75 Å². The molecule has 0 bridgehead atoms. The largest absolute Gasteiger partial charge is 0.483 e. The number of rotatable bonds is 1. The molecular formula is C15H19BrO2. The van der Waals surface area contributed by atoms with E-state index in [1.165, 1.54) is 11.1 Å². The first-order valence-corrected chi connectivity index (χ1v) is 7.34. The first-order valence-electron chi connectivity index (χ1n) is 6.55. The Bertz CT molecular complexity index is 513. The van der Waals surface area contributed by atoms with Crippen LogP contribution in [0.5, 0.6) is 5.75 Å². The highest BCUT2D eigenvalue weighted by Gasteiger charge is 2.63. The van der Waals surface area contributed by atoms with Gasteiger partial charge < -0.3 is 9.84 Å². The summed E-state index contributed by atoms with van der Waals surface area (Å²) < 4.78 is 7.37. The highest BCUT2D eigenvalue weighted by molar-refractivity contribution is 9.10. The summed E-state index contributed by atoms with van der Waals surface area (Å²) in [7, 11) is 0. The maximum Gasteiger partial charge on any atom is 0.144 e. The molecule has 1 aromatic carbocycles. The molecular weight excluding hydrogens is 292 g/mol. The predicted octanol–water partition coefficient (Wildman–Crippen LogP) is 3.57. The van der Waals surface area contributed by atoms with Gasteiger partial charge in [-0.05, 0) is 43.4 Å². The first kappa shape index (κ1) is 12.5. The molecule has 1 heterocycles. The first-order chi connectivity index (χ1) is 8.44. The van der Waals surface area contributed by atoms with E-state index in [0.717, 1.165) is 23.1 Å². The Morgan fingerprint density at radius 1 is 1.50 bits per heavy atom. The average Bonchev–Trinajstić information content (AvgIpc) is 2.72. The Morgan fingerprint density at radius 3 is 2.89 bits per heavy atom. The Hall–Kier alpha value is -0.540. The second kappa shape index (κ2) is 3.73. The van der Waals surface area contributed by atoms with Gasteiger partial charge >= 0.3 is 0 Å². The number of aliphatic hydroxyl groups excluding tert-OH is 1. The van der Waals surface area contributed by atoms with Crippen LogP contribution in [0.2, 0.25) is 0 Å². The van der Waals surface area contributed by atoms with E-state index < -0.39 is 5.60 Å². The van der Waals surface area contributed by atoms with Crippen LogP contribution in [0.4, 0.5) is 0 Å². The fourth-order valence-corrected chi connectivity index (χ4v) is 4.14. The van der Waals surface area contributed by atoms with Crippen molar-refractivity contribution in [3.05, 3.63) is 27.7 Å². The summed E-state index contributed by atoms with van der Waals surface area (Å²) in [6, 6.07) is 4.27. The van der Waals surface area contributed by atoms with Crippen LogP contribution in [0.25, 0.3) is 0 Å². The molecule has 0 aromatic heterocycles. The number of hydrogen-bond donors (Lipinski definition) is 1. The molecule has 0 amide bonds. The van der Waals surface area contributed by atoms with Crippen LogP contribution in [0.3, 0.4) is 0 Å². The molecule has 2 nitrogen and oxygen atoms in total. The van der Waals surface area contributed by atoms with Gasteiger partial charge in [0, 0.05) is 15.5 Å². The normalized spacial score (nSPS) is 37.3. The summed E-state index contributed by atoms with van der Waals surface area (Å²) in [5.74, 6) is 1.35. The third kappa shape index (κ3) is 1.27. The van der Waals surface area contributed by atoms with Crippen molar-refractivity contribution in [2.45, 2.75) is 44.6 Å². The number of ether oxygens (including phenoxy) is 1. The Kier molecular flexibility index (Phi) is 2.59. The van der Waals surface area contributed by atoms with Crippen molar-refractivity contribution < 1.29 is 9.84 Å². The highest BCUT2D eigenvalue weighted by Crippen LogP contribution is 2.60. The van der Waals surface area contributed by atoms with Crippen LogP contribution in [-0.2, 0) is 5.41 Å². The number of benzene rings is 1. The second-order valence-electron chi connectivity index (χ2n) is 6.02. The molecule has 0 saturated heterocycles. The topological polar surface area (TPSA) is 29.5 Å². The van der Waals surface area contributed by atoms with Crippen LogP contribution in [0.1, 0.15) is 37.8 Å². The van der Waals surface area contributed by atoms with Gasteiger partial charge in [-0.25, -0.2) is 0 Å². The molecule has 3 rings (SSSR count). The van der Waals surface area contributed by atoms with Crippen molar-refractivity contribution >= 4 is 15.9 Å². The Balaban J connectivity index is 2.22. The standard InChI is InChI=1S/C15H19BrO2/c1-9-6-13-11(7-12(9)16)14(3)5-4-10(2)15(14,8-17)18-13/h6-7,10,17H,4-5,8H2,1-3H3/t10-,14-,15-/m0/s1. The van der Waals surface area contributed by atoms with Crippen LogP contribution in [-0.4, -0.2) is 17.3 Å². The lowest BCUT2D eigenvalue weighted by Gasteiger charge is -2.38. The second-order valence-corrected chi connectivity index (χ2v) is 6.87. The van der Waals surface area contributed by atoms with Crippen molar-refractivity contribution in [1.82, 2.24) is 0 Å². The maximum absolute atomic E-state index is 9.94. The number of hydrogen-bond acceptors (Lipinski definition) is 2. The molecule has 1 fully saturated rings. The maximum atomic E-state index is 9.94. The Labute approximate surface area is 116 Å². The molecule has 1 aliphatic carbocycles. The molecule has 3 atom stereocenters. The van der Waals surface area contributed by atoms with E-state index in [1.54, 1.807) is 0 Å². The number of aliphatic hydroxyl groups is 1. The van der Waals surface area contributed by atoms with E-state index >= 15 is 0 Å². The van der Waals surface area contributed by atoms with Crippen LogP contribution in [0, 0.1) is 12.8 Å². The number of halogens is 1. The van der Waals surface area contributed by atoms with Gasteiger partial charge in [-0.2, -0.15) is 0 Å². The molecule has 0 unspecified atom stereocenters. The van der Waals surface area contributed by atoms with Crippen LogP contribution in [0.15, 0.2) is 16.6 Å². The van der Waals surface area contributed by atoms with Crippen molar-refractivity contribution in [2.24, 2.45) is 5.92 Å². The van der Waals surface area contributed by atoms with Gasteiger partial charge in [-0.1, -0.05) is 29.8 Å². The minimum absolute atomic E-state index is 0.0628. The third-order valence-electron chi connectivity index (χ3n) is 5.19. The summed E-state index contributed by atoms with van der Waals surface area (Å²) in [5, 5.41) is 9.94. The molecule has 3 heteroatoms. The fraction of sp³-hybridized carbons (Fsp3) is 0.600. The fourth-order valence-electron chi connectivity index (χ4n) is 3.80. The van der Waals surface area contributed by atoms with E-state index in [1.807, 2.05) is 0 Å². The zero-order valence-corrected chi connectivity index (χ0v) is 12.7. The SMILES string of the molecule is Cc1cc2c(cc1Br)[C@]1(C)CC[C@H](C)[C@]1(CO)O2. The molecule has 1 N–H and O–H groups in total. The van der Waals surface area contributed by atoms with Gasteiger partial charge in [0.05, 0.1) is 6.61 Å². The van der Waals surface area contributed by atoms with Gasteiger partial charge in [-0.15, -0.1) is 0 Å². The van der Waals surface area contributed by atoms with Crippen molar-refractivity contribution in [3.63, 3.8) is 0 Å². The van der Waals surface area contributed by atoms with E-state index in [-0.39, 0.29) is 12.0 Å². The summed E-state index contributed by atoms with van der Waals surface area (Å²) in [5.41, 5.74) is 1.94. The monoisotopic (exact) mass is 310 g/mol. The quantitative estimate of drug-likeness (QED) is 0.859. The summed E-state index contributed by atoms with van der Waals surface area (Å²) in [6.45, 7) is 6.59. The smallest absolute Gasteiger partial charge is 0.144 e. The van der Waals surface area contributed by atoms with E-state index in [9.17, 15) is 5.11 Å². The van der Waals surface area contributed by atoms with Gasteiger partial charge in [-0.3, -0.25) is 0 Å². The van der Waals surface area contributed by atoms with E-state index in [2.05, 4.69) is 48.8 Å².